The van der Waals surface area contributed by atoms with Crippen LogP contribution in [0.2, 0.25) is 0 Å². The third kappa shape index (κ3) is 5.90. The summed E-state index contributed by atoms with van der Waals surface area (Å²) in [6, 6.07) is 0. The van der Waals surface area contributed by atoms with E-state index in [0.29, 0.717) is 23.3 Å². The lowest BCUT2D eigenvalue weighted by Gasteiger charge is -2.19. The number of hydrogen-bond acceptors (Lipinski definition) is 6. The largest absolute Gasteiger partial charge is 0.468 e. The first-order valence-electron chi connectivity index (χ1n) is 17.9. The molecule has 1 fully saturated rings. The highest BCUT2D eigenvalue weighted by atomic mass is 16.5. The van der Waals surface area contributed by atoms with Crippen molar-refractivity contribution in [2.24, 2.45) is 17.8 Å². The number of nitrogens with one attached hydrogen (secondary N) is 4. The van der Waals surface area contributed by atoms with Crippen LogP contribution in [0.3, 0.4) is 0 Å². The van der Waals surface area contributed by atoms with Crippen molar-refractivity contribution >= 4 is 41.5 Å². The number of carbonyl (C=O) groups excluding carboxylic acids is 3. The summed E-state index contributed by atoms with van der Waals surface area (Å²) in [6.45, 7) is 17.0. The van der Waals surface area contributed by atoms with Gasteiger partial charge in [0.25, 0.3) is 0 Å². The first-order valence-corrected chi connectivity index (χ1v) is 17.9. The van der Waals surface area contributed by atoms with Crippen molar-refractivity contribution in [3.63, 3.8) is 0 Å². The Hall–Kier alpha value is -4.79. The molecule has 0 spiro atoms. The second kappa shape index (κ2) is 13.8. The maximum Gasteiger partial charge on any atom is 0.321 e. The van der Waals surface area contributed by atoms with E-state index in [4.69, 9.17) is 9.47 Å². The quantitative estimate of drug-likeness (QED) is 0.126. The van der Waals surface area contributed by atoms with Crippen LogP contribution in [-0.4, -0.2) is 46.4 Å². The Morgan fingerprint density at radius 3 is 2.26 bits per heavy atom. The fraction of sp³-hybridized carbons (Fsp3) is 0.439. The van der Waals surface area contributed by atoms with Gasteiger partial charge in [0.05, 0.1) is 12.8 Å². The molecule has 0 radical (unpaired) electrons. The van der Waals surface area contributed by atoms with Gasteiger partial charge in [-0.3, -0.25) is 14.4 Å². The molecule has 4 N–H and O–H groups in total. The van der Waals surface area contributed by atoms with Crippen LogP contribution in [-0.2, 0) is 31.9 Å². The number of hydrogen-bond donors (Lipinski definition) is 4. The molecule has 264 valence electrons. The number of aromatic amines is 3. The van der Waals surface area contributed by atoms with Gasteiger partial charge in [-0.2, -0.15) is 0 Å². The molecule has 1 saturated heterocycles. The van der Waals surface area contributed by atoms with E-state index in [2.05, 4.69) is 80.0 Å². The van der Waals surface area contributed by atoms with Crippen LogP contribution in [0.4, 0.5) is 0 Å². The maximum atomic E-state index is 14.2. The fourth-order valence-corrected chi connectivity index (χ4v) is 7.99. The molecule has 3 aliphatic rings. The topological polar surface area (TPSA) is 129 Å². The normalized spacial score (nSPS) is 23.5. The van der Waals surface area contributed by atoms with Crippen LogP contribution in [0.15, 0.2) is 23.0 Å². The van der Waals surface area contributed by atoms with E-state index < -0.39 is 11.9 Å². The molecular formula is C41H50N4O5. The van der Waals surface area contributed by atoms with Crippen LogP contribution >= 0.6 is 0 Å². The van der Waals surface area contributed by atoms with E-state index in [1.165, 1.54) is 34.9 Å². The average Bonchev–Trinajstić information content (AvgIpc) is 3.84. The number of methoxy groups -OCH3 is 1. The molecular weight excluding hydrogens is 628 g/mol. The van der Waals surface area contributed by atoms with Crippen molar-refractivity contribution in [3.8, 4) is 0 Å². The fourth-order valence-electron chi connectivity index (χ4n) is 7.99. The van der Waals surface area contributed by atoms with Gasteiger partial charge in [0.2, 0.25) is 0 Å². The Bertz CT molecular complexity index is 2110. The van der Waals surface area contributed by atoms with Gasteiger partial charge in [0.1, 0.15) is 12.5 Å². The predicted octanol–water partition coefficient (Wildman–Crippen LogP) is 5.96. The Morgan fingerprint density at radius 1 is 0.880 bits per heavy atom. The van der Waals surface area contributed by atoms with Crippen molar-refractivity contribution in [2.45, 2.75) is 87.5 Å². The average molecular weight is 679 g/mol. The number of Topliss-reactive ketones (excluding diaryl/α,β-unsaturated/α-hetero) is 1. The van der Waals surface area contributed by atoms with Crippen molar-refractivity contribution in [1.29, 1.82) is 0 Å². The summed E-state index contributed by atoms with van der Waals surface area (Å²) in [7, 11) is 1.32. The third-order valence-electron chi connectivity index (χ3n) is 11.2. The zero-order valence-electron chi connectivity index (χ0n) is 30.8. The zero-order chi connectivity index (χ0) is 36.0. The lowest BCUT2D eigenvalue weighted by atomic mass is 9.85. The Balaban J connectivity index is 1.59. The summed E-state index contributed by atoms with van der Waals surface area (Å²) >= 11 is 0. The van der Waals surface area contributed by atoms with E-state index in [1.54, 1.807) is 0 Å². The molecule has 1 aliphatic carbocycles. The minimum Gasteiger partial charge on any atom is -0.468 e. The number of H-pyrrole nitrogens is 3. The van der Waals surface area contributed by atoms with Crippen LogP contribution in [0.5, 0.6) is 0 Å². The van der Waals surface area contributed by atoms with Crippen LogP contribution < -0.4 is 16.0 Å². The first kappa shape index (κ1) is 35.1. The molecule has 0 saturated carbocycles. The van der Waals surface area contributed by atoms with Crippen molar-refractivity contribution < 1.29 is 23.9 Å². The Kier molecular flexibility index (Phi) is 9.71. The molecule has 0 amide bonds. The summed E-state index contributed by atoms with van der Waals surface area (Å²) in [5.41, 5.74) is 13.1. The second-order valence-corrected chi connectivity index (χ2v) is 13.9. The standard InChI is InChI=1S/C41H50N4O5/c1-10-20(4)15-16-50-34(46)14-13-27-23(7)30-17-28-21(5)25(11-2)32(42-28)18-29-22(6)26(12-3)33(43-29)19-31-24(8)35-39(45-31)36(38(27)44-30)37(40(35)47)41(48)49-9/h15,17-19,23,27,37,42-45H,10-14,16H2,1-9H3/b20-15+,29-18-,30-17-,33-19-,38-36-/t23-,27-,37+/m0/s1. The predicted molar refractivity (Wildman–Crippen MR) is 196 cm³/mol. The van der Waals surface area contributed by atoms with E-state index in [0.717, 1.165) is 64.0 Å². The number of ether oxygens (including phenoxy) is 2. The monoisotopic (exact) mass is 678 g/mol. The second-order valence-electron chi connectivity index (χ2n) is 13.9. The molecule has 9 nitrogen and oxygen atoms in total. The molecule has 5 heterocycles. The summed E-state index contributed by atoms with van der Waals surface area (Å²) in [5, 5.41) is 5.71. The molecule has 8 bridgehead atoms. The molecule has 0 unspecified atom stereocenters. The number of ketones is 1. The first-order chi connectivity index (χ1) is 23.9. The lowest BCUT2D eigenvalue weighted by Crippen LogP contribution is -2.25. The number of carbonyl (C=O) groups is 3. The molecule has 50 heavy (non-hydrogen) atoms. The molecule has 6 rings (SSSR count). The lowest BCUT2D eigenvalue weighted by molar-refractivity contribution is -0.143. The van der Waals surface area contributed by atoms with Gasteiger partial charge in [0.15, 0.2) is 5.78 Å². The van der Waals surface area contributed by atoms with Gasteiger partial charge in [0, 0.05) is 68.6 Å². The van der Waals surface area contributed by atoms with Crippen LogP contribution in [0.1, 0.15) is 115 Å². The van der Waals surface area contributed by atoms with E-state index in [9.17, 15) is 14.4 Å². The summed E-state index contributed by atoms with van der Waals surface area (Å²) in [4.78, 5) is 51.6. The summed E-state index contributed by atoms with van der Waals surface area (Å²) < 4.78 is 10.8. The number of aromatic nitrogens is 3. The number of esters is 2. The highest BCUT2D eigenvalue weighted by Gasteiger charge is 2.48. The molecule has 3 aromatic heterocycles. The van der Waals surface area contributed by atoms with Gasteiger partial charge in [-0.05, 0) is 105 Å². The minimum absolute atomic E-state index is 0.0529. The minimum atomic E-state index is -1.12. The maximum absolute atomic E-state index is 14.2. The molecule has 3 aromatic rings. The van der Waals surface area contributed by atoms with E-state index >= 15 is 0 Å². The van der Waals surface area contributed by atoms with Gasteiger partial charge >= 0.3 is 11.9 Å². The molecule has 0 aromatic carbocycles. The van der Waals surface area contributed by atoms with Crippen molar-refractivity contribution in [1.82, 2.24) is 20.3 Å². The van der Waals surface area contributed by atoms with Gasteiger partial charge in [-0.15, -0.1) is 0 Å². The van der Waals surface area contributed by atoms with Crippen LogP contribution in [0, 0.1) is 38.5 Å². The molecule has 2 aliphatic heterocycles. The number of fused-ring (bicyclic) bond motifs is 7. The number of rotatable bonds is 9. The summed E-state index contributed by atoms with van der Waals surface area (Å²) in [6.07, 6.45) is 11.6. The molecule has 9 heteroatoms. The Labute approximate surface area is 294 Å². The number of allylic oxidation sites excluding steroid dienone is 3. The molecule has 3 atom stereocenters. The smallest absolute Gasteiger partial charge is 0.321 e. The van der Waals surface area contributed by atoms with E-state index in [-0.39, 0.29) is 36.6 Å². The van der Waals surface area contributed by atoms with Gasteiger partial charge < -0.3 is 29.7 Å². The highest BCUT2D eigenvalue weighted by Crippen LogP contribution is 2.48. The SMILES string of the molecule is CC/C(C)=C/COC(=O)CC[C@@H]1/C2=C3/c4[nH]c(c(C)c4C(=O)[C@@H]3C(=O)OC)/C=c3\[nH]/c(c(C)c3CC)=C\c3[nH]c(c(C)c3CC)/C=C(\N2)[C@H]1C. The highest BCUT2D eigenvalue weighted by molar-refractivity contribution is 6.24. The van der Waals surface area contributed by atoms with Crippen LogP contribution in [0.25, 0.3) is 23.8 Å². The Morgan fingerprint density at radius 2 is 1.58 bits per heavy atom. The van der Waals surface area contributed by atoms with E-state index in [1.807, 2.05) is 19.9 Å². The van der Waals surface area contributed by atoms with Crippen molar-refractivity contribution in [3.05, 3.63) is 89.9 Å². The summed E-state index contributed by atoms with van der Waals surface area (Å²) in [5.74, 6) is -2.53. The third-order valence-corrected chi connectivity index (χ3v) is 11.2. The van der Waals surface area contributed by atoms with Gasteiger partial charge in [-0.25, -0.2) is 0 Å². The zero-order valence-corrected chi connectivity index (χ0v) is 30.8. The van der Waals surface area contributed by atoms with Gasteiger partial charge in [-0.1, -0.05) is 33.3 Å². The van der Waals surface area contributed by atoms with Crippen molar-refractivity contribution in [2.75, 3.05) is 13.7 Å².